The summed E-state index contributed by atoms with van der Waals surface area (Å²) in [6.45, 7) is 4.95. The molecule has 1 N–H and O–H groups in total. The quantitative estimate of drug-likeness (QED) is 0.925. The molecule has 0 fully saturated rings. The van der Waals surface area contributed by atoms with Crippen molar-refractivity contribution in [3.05, 3.63) is 24.0 Å². The first kappa shape index (κ1) is 14.0. The number of imidazole rings is 1. The highest BCUT2D eigenvalue weighted by atomic mass is 32.2. The van der Waals surface area contributed by atoms with Crippen LogP contribution in [0.5, 0.6) is 0 Å². The standard InChI is InChI=1S/C13H19N3O2S/c1-5-14-9(2)13-15-11-8-10(19(4,17)18)6-7-12(11)16(13)3/h6-9,14H,5H2,1-4H3. The van der Waals surface area contributed by atoms with Gasteiger partial charge in [-0.3, -0.25) is 0 Å². The molecule has 6 heteroatoms. The summed E-state index contributed by atoms with van der Waals surface area (Å²) >= 11 is 0. The Labute approximate surface area is 113 Å². The van der Waals surface area contributed by atoms with Gasteiger partial charge in [-0.15, -0.1) is 0 Å². The monoisotopic (exact) mass is 281 g/mol. The summed E-state index contributed by atoms with van der Waals surface area (Å²) in [5.74, 6) is 0.905. The third-order valence-electron chi connectivity index (χ3n) is 3.21. The number of aromatic nitrogens is 2. The Kier molecular flexibility index (Phi) is 3.64. The van der Waals surface area contributed by atoms with E-state index in [1.807, 2.05) is 25.5 Å². The van der Waals surface area contributed by atoms with Gasteiger partial charge in [0.25, 0.3) is 0 Å². The fourth-order valence-corrected chi connectivity index (χ4v) is 2.85. The van der Waals surface area contributed by atoms with E-state index in [1.54, 1.807) is 18.2 Å². The zero-order valence-corrected chi connectivity index (χ0v) is 12.5. The zero-order chi connectivity index (χ0) is 14.2. The number of rotatable bonds is 4. The van der Waals surface area contributed by atoms with Crippen LogP contribution in [0.25, 0.3) is 11.0 Å². The fraction of sp³-hybridized carbons (Fsp3) is 0.462. The van der Waals surface area contributed by atoms with Gasteiger partial charge in [0.05, 0.1) is 22.0 Å². The molecule has 0 radical (unpaired) electrons. The molecule has 2 aromatic rings. The summed E-state index contributed by atoms with van der Waals surface area (Å²) in [5, 5.41) is 3.31. The Hall–Kier alpha value is -1.40. The molecule has 0 amide bonds. The van der Waals surface area contributed by atoms with Gasteiger partial charge >= 0.3 is 0 Å². The Balaban J connectivity index is 2.57. The number of hydrogen-bond donors (Lipinski definition) is 1. The molecule has 0 saturated heterocycles. The van der Waals surface area contributed by atoms with Crippen LogP contribution in [0.4, 0.5) is 0 Å². The van der Waals surface area contributed by atoms with Crippen molar-refractivity contribution >= 4 is 20.9 Å². The van der Waals surface area contributed by atoms with Crippen molar-refractivity contribution < 1.29 is 8.42 Å². The van der Waals surface area contributed by atoms with Crippen LogP contribution in [-0.4, -0.2) is 30.8 Å². The first-order valence-electron chi connectivity index (χ1n) is 6.24. The van der Waals surface area contributed by atoms with E-state index in [2.05, 4.69) is 10.3 Å². The van der Waals surface area contributed by atoms with Gasteiger partial charge in [0.1, 0.15) is 5.82 Å². The Morgan fingerprint density at radius 2 is 2.11 bits per heavy atom. The lowest BCUT2D eigenvalue weighted by molar-refractivity contribution is 0.551. The van der Waals surface area contributed by atoms with Gasteiger partial charge in [-0.05, 0) is 31.7 Å². The first-order chi connectivity index (χ1) is 8.84. The Morgan fingerprint density at radius 1 is 1.42 bits per heavy atom. The Morgan fingerprint density at radius 3 is 2.68 bits per heavy atom. The molecule has 104 valence electrons. The maximum atomic E-state index is 11.6. The molecule has 0 aliphatic carbocycles. The minimum absolute atomic E-state index is 0.129. The number of nitrogens with zero attached hydrogens (tertiary/aromatic N) is 2. The summed E-state index contributed by atoms with van der Waals surface area (Å²) in [4.78, 5) is 4.85. The van der Waals surface area contributed by atoms with Gasteiger partial charge in [0.15, 0.2) is 9.84 Å². The maximum Gasteiger partial charge on any atom is 0.175 e. The zero-order valence-electron chi connectivity index (χ0n) is 11.6. The van der Waals surface area contributed by atoms with Crippen molar-refractivity contribution in [1.82, 2.24) is 14.9 Å². The largest absolute Gasteiger partial charge is 0.330 e. The molecule has 1 atom stereocenters. The number of sulfone groups is 1. The SMILES string of the molecule is CCNC(C)c1nc2cc(S(C)(=O)=O)ccc2n1C. The van der Waals surface area contributed by atoms with Gasteiger partial charge in [0.2, 0.25) is 0 Å². The van der Waals surface area contributed by atoms with Gasteiger partial charge in [-0.25, -0.2) is 13.4 Å². The van der Waals surface area contributed by atoms with Crippen LogP contribution in [0.1, 0.15) is 25.7 Å². The van der Waals surface area contributed by atoms with Crippen LogP contribution in [-0.2, 0) is 16.9 Å². The van der Waals surface area contributed by atoms with Crippen LogP contribution in [0.15, 0.2) is 23.1 Å². The van der Waals surface area contributed by atoms with Gasteiger partial charge < -0.3 is 9.88 Å². The fourth-order valence-electron chi connectivity index (χ4n) is 2.21. The van der Waals surface area contributed by atoms with E-state index in [0.717, 1.165) is 17.9 Å². The van der Waals surface area contributed by atoms with Crippen molar-refractivity contribution in [2.45, 2.75) is 24.8 Å². The molecular weight excluding hydrogens is 262 g/mol. The molecule has 19 heavy (non-hydrogen) atoms. The van der Waals surface area contributed by atoms with Crippen molar-refractivity contribution in [3.8, 4) is 0 Å². The number of fused-ring (bicyclic) bond motifs is 1. The lowest BCUT2D eigenvalue weighted by Gasteiger charge is -2.11. The normalized spacial score (nSPS) is 13.9. The molecule has 1 aromatic heterocycles. The highest BCUT2D eigenvalue weighted by molar-refractivity contribution is 7.90. The van der Waals surface area contributed by atoms with E-state index in [1.165, 1.54) is 6.26 Å². The second-order valence-electron chi connectivity index (χ2n) is 4.73. The van der Waals surface area contributed by atoms with Crippen LogP contribution in [0.3, 0.4) is 0 Å². The van der Waals surface area contributed by atoms with Crippen molar-refractivity contribution in [1.29, 1.82) is 0 Å². The van der Waals surface area contributed by atoms with E-state index in [9.17, 15) is 8.42 Å². The van der Waals surface area contributed by atoms with Gasteiger partial charge in [-0.1, -0.05) is 6.92 Å². The number of hydrogen-bond acceptors (Lipinski definition) is 4. The topological polar surface area (TPSA) is 64.0 Å². The molecule has 0 saturated carbocycles. The second-order valence-corrected chi connectivity index (χ2v) is 6.75. The summed E-state index contributed by atoms with van der Waals surface area (Å²) in [7, 11) is -1.25. The van der Waals surface area contributed by atoms with Crippen molar-refractivity contribution in [2.75, 3.05) is 12.8 Å². The van der Waals surface area contributed by atoms with Crippen LogP contribution in [0, 0.1) is 0 Å². The van der Waals surface area contributed by atoms with Crippen molar-refractivity contribution in [3.63, 3.8) is 0 Å². The molecule has 0 bridgehead atoms. The average molecular weight is 281 g/mol. The smallest absolute Gasteiger partial charge is 0.175 e. The number of aryl methyl sites for hydroxylation is 1. The summed E-state index contributed by atoms with van der Waals surface area (Å²) in [6, 6.07) is 5.19. The highest BCUT2D eigenvalue weighted by Crippen LogP contribution is 2.22. The number of nitrogens with one attached hydrogen (secondary N) is 1. The first-order valence-corrected chi connectivity index (χ1v) is 8.13. The van der Waals surface area contributed by atoms with E-state index < -0.39 is 9.84 Å². The van der Waals surface area contributed by atoms with Crippen molar-refractivity contribution in [2.24, 2.45) is 7.05 Å². The summed E-state index contributed by atoms with van der Waals surface area (Å²) < 4.78 is 25.1. The van der Waals surface area contributed by atoms with Crippen LogP contribution < -0.4 is 5.32 Å². The van der Waals surface area contributed by atoms with E-state index >= 15 is 0 Å². The van der Waals surface area contributed by atoms with E-state index in [4.69, 9.17) is 0 Å². The van der Waals surface area contributed by atoms with E-state index in [0.29, 0.717) is 10.4 Å². The predicted molar refractivity (Wildman–Crippen MR) is 75.9 cm³/mol. The summed E-state index contributed by atoms with van der Waals surface area (Å²) in [6.07, 6.45) is 1.21. The van der Waals surface area contributed by atoms with E-state index in [-0.39, 0.29) is 6.04 Å². The minimum Gasteiger partial charge on any atom is -0.330 e. The summed E-state index contributed by atoms with van der Waals surface area (Å²) in [5.41, 5.74) is 1.65. The molecule has 0 spiro atoms. The average Bonchev–Trinajstić information content (AvgIpc) is 2.66. The lowest BCUT2D eigenvalue weighted by atomic mass is 10.3. The number of benzene rings is 1. The third kappa shape index (κ3) is 2.64. The molecule has 1 heterocycles. The molecule has 2 rings (SSSR count). The van der Waals surface area contributed by atoms with Crippen LogP contribution in [0.2, 0.25) is 0 Å². The second kappa shape index (κ2) is 4.94. The molecule has 1 aromatic carbocycles. The van der Waals surface area contributed by atoms with Crippen LogP contribution >= 0.6 is 0 Å². The Bertz CT molecular complexity index is 704. The maximum absolute atomic E-state index is 11.6. The third-order valence-corrected chi connectivity index (χ3v) is 4.32. The lowest BCUT2D eigenvalue weighted by Crippen LogP contribution is -2.20. The van der Waals surface area contributed by atoms with Gasteiger partial charge in [0, 0.05) is 13.3 Å². The predicted octanol–water partition coefficient (Wildman–Crippen LogP) is 1.65. The molecule has 0 aliphatic rings. The van der Waals surface area contributed by atoms with Gasteiger partial charge in [-0.2, -0.15) is 0 Å². The minimum atomic E-state index is -3.19. The highest BCUT2D eigenvalue weighted by Gasteiger charge is 2.15. The molecular formula is C13H19N3O2S. The molecule has 0 aliphatic heterocycles. The molecule has 1 unspecified atom stereocenters. The molecule has 5 nitrogen and oxygen atoms in total.